The second-order valence-electron chi connectivity index (χ2n) is 6.97. The standard InChI is InChI=1S/C20H21Cl3N2O4/c21-20(22,23)12-29-19(26)25-9-8-14-13-4-1-2-5-15(13)24-18(14)16(25)6-3-7-17-27-10-11-28-17/h1-5,7,16-17,24H,6,8-12H2/b7-3+. The predicted octanol–water partition coefficient (Wildman–Crippen LogP) is 4.89. The van der Waals surface area contributed by atoms with Crippen molar-refractivity contribution < 1.29 is 19.0 Å². The van der Waals surface area contributed by atoms with Crippen LogP contribution < -0.4 is 0 Å². The van der Waals surface area contributed by atoms with Crippen LogP contribution in [-0.2, 0) is 20.6 Å². The first kappa shape index (κ1) is 20.8. The van der Waals surface area contributed by atoms with Crippen LogP contribution in [0.2, 0.25) is 0 Å². The molecular formula is C20H21Cl3N2O4. The summed E-state index contributed by atoms with van der Waals surface area (Å²) < 4.78 is 14.5. The Morgan fingerprint density at radius 2 is 2.03 bits per heavy atom. The summed E-state index contributed by atoms with van der Waals surface area (Å²) in [5.41, 5.74) is 3.27. The average molecular weight is 460 g/mol. The van der Waals surface area contributed by atoms with E-state index < -0.39 is 9.89 Å². The monoisotopic (exact) mass is 458 g/mol. The highest BCUT2D eigenvalue weighted by Gasteiger charge is 2.34. The molecule has 1 aromatic heterocycles. The van der Waals surface area contributed by atoms with Crippen molar-refractivity contribution in [3.8, 4) is 0 Å². The summed E-state index contributed by atoms with van der Waals surface area (Å²) in [4.78, 5) is 17.9. The van der Waals surface area contributed by atoms with E-state index in [1.807, 2.05) is 30.4 Å². The molecular weight excluding hydrogens is 439 g/mol. The van der Waals surface area contributed by atoms with Crippen molar-refractivity contribution >= 4 is 51.8 Å². The molecule has 0 radical (unpaired) electrons. The maximum atomic E-state index is 12.7. The van der Waals surface area contributed by atoms with Crippen LogP contribution in [0.25, 0.3) is 10.9 Å². The third-order valence-electron chi connectivity index (χ3n) is 5.05. The van der Waals surface area contributed by atoms with Gasteiger partial charge in [-0.25, -0.2) is 4.79 Å². The number of nitrogens with zero attached hydrogens (tertiary/aromatic N) is 1. The number of nitrogens with one attached hydrogen (secondary N) is 1. The van der Waals surface area contributed by atoms with Gasteiger partial charge < -0.3 is 19.2 Å². The van der Waals surface area contributed by atoms with Crippen molar-refractivity contribution in [2.75, 3.05) is 26.4 Å². The molecule has 6 nitrogen and oxygen atoms in total. The van der Waals surface area contributed by atoms with Gasteiger partial charge in [0.15, 0.2) is 6.29 Å². The van der Waals surface area contributed by atoms with Gasteiger partial charge in [0.2, 0.25) is 3.79 Å². The molecule has 0 spiro atoms. The Kier molecular flexibility index (Phi) is 6.27. The summed E-state index contributed by atoms with van der Waals surface area (Å²) >= 11 is 17.2. The number of fused-ring (bicyclic) bond motifs is 3. The Hall–Kier alpha value is -1.44. The highest BCUT2D eigenvalue weighted by molar-refractivity contribution is 6.67. The van der Waals surface area contributed by atoms with Gasteiger partial charge in [0.1, 0.15) is 6.61 Å². The number of ether oxygens (including phenoxy) is 3. The molecule has 1 amide bonds. The van der Waals surface area contributed by atoms with Gasteiger partial charge in [-0.2, -0.15) is 0 Å². The second kappa shape index (κ2) is 8.74. The minimum atomic E-state index is -1.65. The fourth-order valence-corrected chi connectivity index (χ4v) is 3.98. The zero-order chi connectivity index (χ0) is 20.4. The number of carbonyl (C=O) groups excluding carboxylic acids is 1. The number of amides is 1. The fraction of sp³-hybridized carbons (Fsp3) is 0.450. The molecule has 3 heterocycles. The summed E-state index contributed by atoms with van der Waals surface area (Å²) in [6, 6.07) is 7.90. The number of carbonyl (C=O) groups is 1. The number of halogens is 3. The number of benzene rings is 1. The van der Waals surface area contributed by atoms with Gasteiger partial charge >= 0.3 is 6.09 Å². The van der Waals surface area contributed by atoms with E-state index in [0.29, 0.717) is 26.2 Å². The van der Waals surface area contributed by atoms with Gasteiger partial charge in [0.25, 0.3) is 0 Å². The van der Waals surface area contributed by atoms with Crippen LogP contribution in [0, 0.1) is 0 Å². The van der Waals surface area contributed by atoms with Crippen LogP contribution in [0.1, 0.15) is 23.7 Å². The molecule has 9 heteroatoms. The average Bonchev–Trinajstić information content (AvgIpc) is 3.33. The Labute approximate surface area is 183 Å². The summed E-state index contributed by atoms with van der Waals surface area (Å²) in [5.74, 6) is 0. The molecule has 2 aromatic rings. The lowest BCUT2D eigenvalue weighted by Crippen LogP contribution is -2.41. The molecule has 0 bridgehead atoms. The zero-order valence-electron chi connectivity index (χ0n) is 15.6. The van der Waals surface area contributed by atoms with Crippen LogP contribution in [0.5, 0.6) is 0 Å². The molecule has 1 aromatic carbocycles. The molecule has 2 aliphatic rings. The quantitative estimate of drug-likeness (QED) is 0.522. The molecule has 1 saturated heterocycles. The highest BCUT2D eigenvalue weighted by Crippen LogP contribution is 2.37. The molecule has 0 saturated carbocycles. The summed E-state index contributed by atoms with van der Waals surface area (Å²) in [7, 11) is 0. The lowest BCUT2D eigenvalue weighted by atomic mass is 9.95. The van der Waals surface area contributed by atoms with Crippen molar-refractivity contribution in [3.05, 3.63) is 47.7 Å². The Balaban J connectivity index is 1.59. The number of H-pyrrole nitrogens is 1. The molecule has 1 atom stereocenters. The predicted molar refractivity (Wildman–Crippen MR) is 113 cm³/mol. The van der Waals surface area contributed by atoms with Crippen molar-refractivity contribution in [3.63, 3.8) is 0 Å². The number of hydrogen-bond donors (Lipinski definition) is 1. The number of aromatic amines is 1. The van der Waals surface area contributed by atoms with E-state index in [2.05, 4.69) is 11.1 Å². The topological polar surface area (TPSA) is 63.8 Å². The van der Waals surface area contributed by atoms with Gasteiger partial charge in [-0.15, -0.1) is 0 Å². The molecule has 0 aliphatic carbocycles. The van der Waals surface area contributed by atoms with Crippen LogP contribution in [0.15, 0.2) is 36.4 Å². The molecule has 1 fully saturated rings. The first-order valence-electron chi connectivity index (χ1n) is 9.42. The maximum Gasteiger partial charge on any atom is 0.410 e. The molecule has 1 N–H and O–H groups in total. The highest BCUT2D eigenvalue weighted by atomic mass is 35.6. The van der Waals surface area contributed by atoms with E-state index in [-0.39, 0.29) is 18.9 Å². The second-order valence-corrected chi connectivity index (χ2v) is 9.48. The SMILES string of the molecule is O=C(OCC(Cl)(Cl)Cl)N1CCc2c([nH]c3ccccc23)C1C/C=C/C1OCCO1. The maximum absolute atomic E-state index is 12.7. The zero-order valence-corrected chi connectivity index (χ0v) is 17.8. The van der Waals surface area contributed by atoms with Crippen LogP contribution in [0.4, 0.5) is 4.79 Å². The summed E-state index contributed by atoms with van der Waals surface area (Å²) in [6.07, 6.45) is 4.28. The number of alkyl halides is 3. The van der Waals surface area contributed by atoms with E-state index >= 15 is 0 Å². The largest absolute Gasteiger partial charge is 0.445 e. The van der Waals surface area contributed by atoms with E-state index in [4.69, 9.17) is 49.0 Å². The summed E-state index contributed by atoms with van der Waals surface area (Å²) in [5, 5.41) is 1.17. The third kappa shape index (κ3) is 4.84. The molecule has 4 rings (SSSR count). The third-order valence-corrected chi connectivity index (χ3v) is 5.38. The van der Waals surface area contributed by atoms with Crippen molar-refractivity contribution in [1.82, 2.24) is 9.88 Å². The number of para-hydroxylation sites is 1. The van der Waals surface area contributed by atoms with E-state index in [1.54, 1.807) is 4.90 Å². The van der Waals surface area contributed by atoms with Crippen molar-refractivity contribution in [2.24, 2.45) is 0 Å². The minimum absolute atomic E-state index is 0.230. The van der Waals surface area contributed by atoms with E-state index in [0.717, 1.165) is 17.6 Å². The van der Waals surface area contributed by atoms with Gasteiger partial charge in [-0.3, -0.25) is 4.90 Å². The lowest BCUT2D eigenvalue weighted by Gasteiger charge is -2.35. The van der Waals surface area contributed by atoms with Gasteiger partial charge in [0.05, 0.1) is 19.3 Å². The number of rotatable bonds is 4. The van der Waals surface area contributed by atoms with Gasteiger partial charge in [0, 0.05) is 23.1 Å². The Morgan fingerprint density at radius 3 is 2.79 bits per heavy atom. The first-order chi connectivity index (χ1) is 13.9. The van der Waals surface area contributed by atoms with Gasteiger partial charge in [-0.05, 0) is 30.5 Å². The molecule has 2 aliphatic heterocycles. The molecule has 156 valence electrons. The van der Waals surface area contributed by atoms with Crippen LogP contribution in [0.3, 0.4) is 0 Å². The lowest BCUT2D eigenvalue weighted by molar-refractivity contribution is -0.00184. The van der Waals surface area contributed by atoms with E-state index in [9.17, 15) is 4.79 Å². The fourth-order valence-electron chi connectivity index (χ4n) is 3.82. The van der Waals surface area contributed by atoms with Crippen LogP contribution in [-0.4, -0.2) is 52.4 Å². The molecule has 29 heavy (non-hydrogen) atoms. The smallest absolute Gasteiger partial charge is 0.410 e. The van der Waals surface area contributed by atoms with Crippen LogP contribution >= 0.6 is 34.8 Å². The number of aromatic nitrogens is 1. The molecule has 1 unspecified atom stereocenters. The first-order valence-corrected chi connectivity index (χ1v) is 10.6. The van der Waals surface area contributed by atoms with Gasteiger partial charge in [-0.1, -0.05) is 59.1 Å². The Morgan fingerprint density at radius 1 is 1.28 bits per heavy atom. The van der Waals surface area contributed by atoms with E-state index in [1.165, 1.54) is 10.9 Å². The minimum Gasteiger partial charge on any atom is -0.445 e. The normalized spacial score (nSPS) is 20.5. The summed E-state index contributed by atoms with van der Waals surface area (Å²) in [6.45, 7) is 1.38. The number of hydrogen-bond acceptors (Lipinski definition) is 4. The van der Waals surface area contributed by atoms with Crippen molar-refractivity contribution in [1.29, 1.82) is 0 Å². The Bertz CT molecular complexity index is 903. The van der Waals surface area contributed by atoms with Crippen molar-refractivity contribution in [2.45, 2.75) is 29.0 Å².